The normalized spacial score (nSPS) is 17.6. The number of hydrogen-bond acceptors (Lipinski definition) is 2. The Kier molecular flexibility index (Phi) is 2.16. The lowest BCUT2D eigenvalue weighted by atomic mass is 10.0. The first-order valence-electron chi connectivity index (χ1n) is 5.36. The Hall–Kier alpha value is -1.12. The van der Waals surface area contributed by atoms with E-state index >= 15 is 0 Å². The van der Waals surface area contributed by atoms with E-state index in [4.69, 9.17) is 16.3 Å². The van der Waals surface area contributed by atoms with Gasteiger partial charge >= 0.3 is 0 Å². The summed E-state index contributed by atoms with van der Waals surface area (Å²) in [6.45, 7) is 0. The highest BCUT2D eigenvalue weighted by molar-refractivity contribution is 6.35. The zero-order valence-electron chi connectivity index (χ0n) is 9.03. The topological polar surface area (TPSA) is 22.1 Å². The number of pyridine rings is 1. The van der Waals surface area contributed by atoms with Crippen molar-refractivity contribution in [3.63, 3.8) is 0 Å². The molecule has 1 aromatic carbocycles. The van der Waals surface area contributed by atoms with Gasteiger partial charge in [0, 0.05) is 29.3 Å². The van der Waals surface area contributed by atoms with Crippen LogP contribution in [-0.2, 0) is 10.3 Å². The van der Waals surface area contributed by atoms with Crippen LogP contribution in [0.1, 0.15) is 18.4 Å². The van der Waals surface area contributed by atoms with E-state index in [0.29, 0.717) is 0 Å². The lowest BCUT2D eigenvalue weighted by molar-refractivity contribution is 0.0800. The summed E-state index contributed by atoms with van der Waals surface area (Å²) in [4.78, 5) is 4.43. The first-order chi connectivity index (χ1) is 7.77. The summed E-state index contributed by atoms with van der Waals surface area (Å²) in [5.74, 6) is 0. The molecule has 0 spiro atoms. The van der Waals surface area contributed by atoms with Crippen LogP contribution >= 0.6 is 11.6 Å². The van der Waals surface area contributed by atoms with Gasteiger partial charge in [0.15, 0.2) is 0 Å². The van der Waals surface area contributed by atoms with E-state index in [0.717, 1.165) is 34.3 Å². The average Bonchev–Trinajstić information content (AvgIpc) is 3.11. The summed E-state index contributed by atoms with van der Waals surface area (Å²) in [6.07, 6.45) is 3.93. The average molecular weight is 234 g/mol. The van der Waals surface area contributed by atoms with E-state index in [9.17, 15) is 0 Å². The Labute approximate surface area is 99.2 Å². The minimum atomic E-state index is -0.114. The monoisotopic (exact) mass is 233 g/mol. The Morgan fingerprint density at radius 3 is 2.81 bits per heavy atom. The van der Waals surface area contributed by atoms with Crippen LogP contribution in [0.25, 0.3) is 10.9 Å². The summed E-state index contributed by atoms with van der Waals surface area (Å²) < 4.78 is 5.60. The molecule has 0 N–H and O–H groups in total. The van der Waals surface area contributed by atoms with Gasteiger partial charge in [-0.2, -0.15) is 0 Å². The number of hydrogen-bond donors (Lipinski definition) is 0. The van der Waals surface area contributed by atoms with Gasteiger partial charge in [-0.3, -0.25) is 4.98 Å². The Morgan fingerprint density at radius 2 is 2.12 bits per heavy atom. The van der Waals surface area contributed by atoms with Crippen molar-refractivity contribution in [2.75, 3.05) is 7.11 Å². The van der Waals surface area contributed by atoms with Gasteiger partial charge in [-0.1, -0.05) is 17.7 Å². The molecule has 0 amide bonds. The van der Waals surface area contributed by atoms with Gasteiger partial charge in [-0.15, -0.1) is 0 Å². The molecule has 0 radical (unpaired) electrons. The van der Waals surface area contributed by atoms with Crippen molar-refractivity contribution in [1.29, 1.82) is 0 Å². The van der Waals surface area contributed by atoms with Gasteiger partial charge in [-0.05, 0) is 31.0 Å². The smallest absolute Gasteiger partial charge is 0.0950 e. The molecule has 1 aromatic heterocycles. The predicted molar refractivity (Wildman–Crippen MR) is 64.7 cm³/mol. The van der Waals surface area contributed by atoms with E-state index in [1.807, 2.05) is 24.3 Å². The number of methoxy groups -OCH3 is 1. The summed E-state index contributed by atoms with van der Waals surface area (Å²) in [6, 6.07) is 7.87. The molecule has 1 aliphatic rings. The quantitative estimate of drug-likeness (QED) is 0.792. The second-order valence-electron chi connectivity index (χ2n) is 4.19. The second kappa shape index (κ2) is 3.44. The molecular formula is C13H12ClNO. The first kappa shape index (κ1) is 10.1. The van der Waals surface area contributed by atoms with Crippen LogP contribution in [-0.4, -0.2) is 12.1 Å². The van der Waals surface area contributed by atoms with Gasteiger partial charge in [0.1, 0.15) is 0 Å². The van der Waals surface area contributed by atoms with Gasteiger partial charge in [-0.25, -0.2) is 0 Å². The van der Waals surface area contributed by atoms with E-state index in [-0.39, 0.29) is 5.60 Å². The molecule has 0 aliphatic heterocycles. The van der Waals surface area contributed by atoms with Crippen LogP contribution in [0.4, 0.5) is 0 Å². The summed E-state index contributed by atoms with van der Waals surface area (Å²) >= 11 is 6.16. The van der Waals surface area contributed by atoms with Crippen LogP contribution in [0.5, 0.6) is 0 Å². The fourth-order valence-electron chi connectivity index (χ4n) is 2.20. The number of ether oxygens (including phenoxy) is 1. The SMILES string of the molecule is COC1(c2ccc(Cl)c3cccnc23)CC1. The summed E-state index contributed by atoms with van der Waals surface area (Å²) in [5, 5.41) is 1.75. The molecule has 3 heteroatoms. The number of fused-ring (bicyclic) bond motifs is 1. The highest BCUT2D eigenvalue weighted by Gasteiger charge is 2.46. The number of benzene rings is 1. The lowest BCUT2D eigenvalue weighted by Crippen LogP contribution is -2.10. The second-order valence-corrected chi connectivity index (χ2v) is 4.60. The highest BCUT2D eigenvalue weighted by Crippen LogP contribution is 2.50. The van der Waals surface area contributed by atoms with Crippen LogP contribution in [0.15, 0.2) is 30.5 Å². The van der Waals surface area contributed by atoms with E-state index in [2.05, 4.69) is 4.98 Å². The number of halogens is 1. The molecule has 0 bridgehead atoms. The fourth-order valence-corrected chi connectivity index (χ4v) is 2.42. The lowest BCUT2D eigenvalue weighted by Gasteiger charge is -2.16. The molecule has 1 fully saturated rings. The van der Waals surface area contributed by atoms with Crippen molar-refractivity contribution in [2.45, 2.75) is 18.4 Å². The third-order valence-corrected chi connectivity index (χ3v) is 3.63. The predicted octanol–water partition coefficient (Wildman–Crippen LogP) is 3.52. The third kappa shape index (κ3) is 1.34. The van der Waals surface area contributed by atoms with Crippen LogP contribution in [0.2, 0.25) is 5.02 Å². The molecule has 16 heavy (non-hydrogen) atoms. The third-order valence-electron chi connectivity index (χ3n) is 3.30. The van der Waals surface area contributed by atoms with Gasteiger partial charge in [0.05, 0.1) is 11.1 Å². The standard InChI is InChI=1S/C13H12ClNO/c1-16-13(6-7-13)10-4-5-11(14)9-3-2-8-15-12(9)10/h2-5,8H,6-7H2,1H3. The summed E-state index contributed by atoms with van der Waals surface area (Å²) in [7, 11) is 1.76. The first-order valence-corrected chi connectivity index (χ1v) is 5.73. The maximum atomic E-state index is 6.16. The van der Waals surface area contributed by atoms with Crippen LogP contribution < -0.4 is 0 Å². The van der Waals surface area contributed by atoms with E-state index < -0.39 is 0 Å². The zero-order chi connectivity index (χ0) is 11.2. The zero-order valence-corrected chi connectivity index (χ0v) is 9.79. The molecule has 3 rings (SSSR count). The number of nitrogens with zero attached hydrogens (tertiary/aromatic N) is 1. The van der Waals surface area contributed by atoms with Crippen molar-refractivity contribution >= 4 is 22.5 Å². The van der Waals surface area contributed by atoms with E-state index in [1.165, 1.54) is 0 Å². The fraction of sp³-hybridized carbons (Fsp3) is 0.308. The maximum absolute atomic E-state index is 6.16. The van der Waals surface area contributed by atoms with E-state index in [1.54, 1.807) is 13.3 Å². The Balaban J connectivity index is 2.30. The Morgan fingerprint density at radius 1 is 1.31 bits per heavy atom. The molecule has 2 aromatic rings. The van der Waals surface area contributed by atoms with Gasteiger partial charge in [0.2, 0.25) is 0 Å². The highest BCUT2D eigenvalue weighted by atomic mass is 35.5. The molecule has 0 atom stereocenters. The van der Waals surface area contributed by atoms with Gasteiger partial charge in [0.25, 0.3) is 0 Å². The molecular weight excluding hydrogens is 222 g/mol. The molecule has 0 unspecified atom stereocenters. The molecule has 1 heterocycles. The molecule has 2 nitrogen and oxygen atoms in total. The number of aromatic nitrogens is 1. The Bertz CT molecular complexity index is 549. The molecule has 1 aliphatic carbocycles. The van der Waals surface area contributed by atoms with Crippen molar-refractivity contribution in [2.24, 2.45) is 0 Å². The molecule has 0 saturated heterocycles. The molecule has 82 valence electrons. The van der Waals surface area contributed by atoms with Crippen LogP contribution in [0.3, 0.4) is 0 Å². The van der Waals surface area contributed by atoms with Crippen molar-refractivity contribution in [3.05, 3.63) is 41.0 Å². The maximum Gasteiger partial charge on any atom is 0.0950 e. The van der Waals surface area contributed by atoms with Gasteiger partial charge < -0.3 is 4.74 Å². The number of rotatable bonds is 2. The van der Waals surface area contributed by atoms with Crippen molar-refractivity contribution in [1.82, 2.24) is 4.98 Å². The summed E-state index contributed by atoms with van der Waals surface area (Å²) in [5.41, 5.74) is 2.02. The van der Waals surface area contributed by atoms with Crippen molar-refractivity contribution in [3.8, 4) is 0 Å². The van der Waals surface area contributed by atoms with Crippen LogP contribution in [0, 0.1) is 0 Å². The molecule has 1 saturated carbocycles. The van der Waals surface area contributed by atoms with Crippen molar-refractivity contribution < 1.29 is 4.74 Å². The minimum Gasteiger partial charge on any atom is -0.373 e. The largest absolute Gasteiger partial charge is 0.373 e. The minimum absolute atomic E-state index is 0.114.